The number of aliphatic carboxylic acids is 1. The summed E-state index contributed by atoms with van der Waals surface area (Å²) in [6.45, 7) is -0.0275. The molecular formula is C10H12N4O2. The fraction of sp³-hybridized carbons (Fsp3) is 0.300. The van der Waals surface area contributed by atoms with Crippen molar-refractivity contribution >= 4 is 5.97 Å². The molecule has 1 aromatic rings. The number of azide groups is 1. The molecule has 0 radical (unpaired) electrons. The average Bonchev–Trinajstić information content (AvgIpc) is 2.29. The van der Waals surface area contributed by atoms with Crippen LogP contribution in [0.15, 0.2) is 35.4 Å². The van der Waals surface area contributed by atoms with E-state index in [2.05, 4.69) is 15.3 Å². The minimum atomic E-state index is -0.961. The number of nitrogens with zero attached hydrogens (tertiary/aromatic N) is 3. The van der Waals surface area contributed by atoms with Crippen LogP contribution in [-0.2, 0) is 11.2 Å². The maximum atomic E-state index is 10.9. The van der Waals surface area contributed by atoms with Gasteiger partial charge in [-0.15, -0.1) is 0 Å². The van der Waals surface area contributed by atoms with Gasteiger partial charge in [-0.3, -0.25) is 10.1 Å². The van der Waals surface area contributed by atoms with Crippen LogP contribution in [0.25, 0.3) is 10.4 Å². The van der Waals surface area contributed by atoms with E-state index in [0.717, 1.165) is 5.56 Å². The van der Waals surface area contributed by atoms with Gasteiger partial charge in [0.25, 0.3) is 0 Å². The second-order valence-electron chi connectivity index (χ2n) is 3.17. The Labute approximate surface area is 92.5 Å². The summed E-state index contributed by atoms with van der Waals surface area (Å²) in [5, 5.41) is 14.8. The molecule has 0 spiro atoms. The molecule has 0 unspecified atom stereocenters. The van der Waals surface area contributed by atoms with Gasteiger partial charge in [-0.1, -0.05) is 35.4 Å². The van der Waals surface area contributed by atoms with Crippen LogP contribution in [0.2, 0.25) is 0 Å². The van der Waals surface area contributed by atoms with Gasteiger partial charge in [0, 0.05) is 4.91 Å². The Morgan fingerprint density at radius 1 is 1.50 bits per heavy atom. The number of hydrogen-bond donors (Lipinski definition) is 2. The summed E-state index contributed by atoms with van der Waals surface area (Å²) in [4.78, 5) is 13.4. The molecule has 0 aliphatic carbocycles. The number of carbonyl (C=O) groups is 1. The van der Waals surface area contributed by atoms with Crippen LogP contribution < -0.4 is 5.32 Å². The highest BCUT2D eigenvalue weighted by molar-refractivity contribution is 5.73. The third-order valence-corrected chi connectivity index (χ3v) is 2.05. The van der Waals surface area contributed by atoms with Gasteiger partial charge in [0.2, 0.25) is 0 Å². The van der Waals surface area contributed by atoms with E-state index in [1.807, 2.05) is 30.3 Å². The Bertz CT molecular complexity index is 387. The van der Waals surface area contributed by atoms with E-state index in [1.54, 1.807) is 0 Å². The Kier molecular flexibility index (Phi) is 4.85. The number of nitrogens with one attached hydrogen (secondary N) is 1. The SMILES string of the molecule is [N-]=[N+]=NCN[C@H](Cc1ccccc1)C(=O)O. The molecule has 0 heterocycles. The third-order valence-electron chi connectivity index (χ3n) is 2.05. The maximum absolute atomic E-state index is 10.9. The van der Waals surface area contributed by atoms with Crippen LogP contribution in [0.4, 0.5) is 0 Å². The van der Waals surface area contributed by atoms with Gasteiger partial charge in [-0.25, -0.2) is 0 Å². The maximum Gasteiger partial charge on any atom is 0.321 e. The molecule has 1 aromatic carbocycles. The molecule has 6 nitrogen and oxygen atoms in total. The van der Waals surface area contributed by atoms with Crippen molar-refractivity contribution in [2.75, 3.05) is 6.67 Å². The molecule has 0 amide bonds. The van der Waals surface area contributed by atoms with Gasteiger partial charge < -0.3 is 5.11 Å². The van der Waals surface area contributed by atoms with Gasteiger partial charge in [-0.2, -0.15) is 0 Å². The lowest BCUT2D eigenvalue weighted by Gasteiger charge is -2.12. The molecule has 0 fully saturated rings. The molecular weight excluding hydrogens is 208 g/mol. The Hall–Kier alpha value is -2.04. The zero-order chi connectivity index (χ0) is 11.8. The summed E-state index contributed by atoms with van der Waals surface area (Å²) >= 11 is 0. The Morgan fingerprint density at radius 2 is 2.19 bits per heavy atom. The normalized spacial score (nSPS) is 11.5. The fourth-order valence-electron chi connectivity index (χ4n) is 1.28. The van der Waals surface area contributed by atoms with Crippen LogP contribution in [0.3, 0.4) is 0 Å². The number of carboxylic acids is 1. The van der Waals surface area contributed by atoms with Gasteiger partial charge in [0.05, 0.1) is 6.67 Å². The van der Waals surface area contributed by atoms with E-state index in [0.29, 0.717) is 6.42 Å². The van der Waals surface area contributed by atoms with Gasteiger partial charge in [-0.05, 0) is 17.5 Å². The highest BCUT2D eigenvalue weighted by Crippen LogP contribution is 2.03. The zero-order valence-electron chi connectivity index (χ0n) is 8.58. The first-order chi connectivity index (χ1) is 7.74. The number of carboxylic acid groups (broad SMARTS) is 1. The van der Waals surface area contributed by atoms with Gasteiger partial charge >= 0.3 is 5.97 Å². The molecule has 0 saturated heterocycles. The van der Waals surface area contributed by atoms with Crippen LogP contribution in [0.1, 0.15) is 5.56 Å². The molecule has 0 aliphatic rings. The second kappa shape index (κ2) is 6.44. The second-order valence-corrected chi connectivity index (χ2v) is 3.17. The summed E-state index contributed by atoms with van der Waals surface area (Å²) in [7, 11) is 0. The summed E-state index contributed by atoms with van der Waals surface area (Å²) in [5.74, 6) is -0.961. The van der Waals surface area contributed by atoms with Crippen molar-refractivity contribution in [1.82, 2.24) is 5.32 Å². The van der Waals surface area contributed by atoms with Crippen molar-refractivity contribution in [3.05, 3.63) is 46.3 Å². The molecule has 2 N–H and O–H groups in total. The predicted octanol–water partition coefficient (Wildman–Crippen LogP) is 1.54. The first kappa shape index (κ1) is 12.0. The first-order valence-corrected chi connectivity index (χ1v) is 4.75. The topological polar surface area (TPSA) is 98.1 Å². The largest absolute Gasteiger partial charge is 0.480 e. The lowest BCUT2D eigenvalue weighted by atomic mass is 10.1. The van der Waals surface area contributed by atoms with Crippen LogP contribution >= 0.6 is 0 Å². The van der Waals surface area contributed by atoms with Crippen molar-refractivity contribution in [2.45, 2.75) is 12.5 Å². The smallest absolute Gasteiger partial charge is 0.321 e. The van der Waals surface area contributed by atoms with Crippen molar-refractivity contribution in [1.29, 1.82) is 0 Å². The first-order valence-electron chi connectivity index (χ1n) is 4.75. The van der Waals surface area contributed by atoms with Crippen molar-refractivity contribution < 1.29 is 9.90 Å². The van der Waals surface area contributed by atoms with E-state index >= 15 is 0 Å². The average molecular weight is 220 g/mol. The van der Waals surface area contributed by atoms with E-state index in [-0.39, 0.29) is 6.67 Å². The standard InChI is InChI=1S/C10H12N4O2/c11-14-13-7-12-9(10(15)16)6-8-4-2-1-3-5-8/h1-5,9,12H,6-7H2,(H,15,16)/t9-/m1/s1. The Balaban J connectivity index is 2.58. The van der Waals surface area contributed by atoms with Gasteiger partial charge in [0.1, 0.15) is 6.04 Å². The summed E-state index contributed by atoms with van der Waals surface area (Å²) in [6.07, 6.45) is 0.358. The van der Waals surface area contributed by atoms with Crippen LogP contribution in [-0.4, -0.2) is 23.8 Å². The highest BCUT2D eigenvalue weighted by atomic mass is 16.4. The molecule has 0 aromatic heterocycles. The molecule has 16 heavy (non-hydrogen) atoms. The van der Waals surface area contributed by atoms with Gasteiger partial charge in [0.15, 0.2) is 0 Å². The number of rotatable bonds is 6. The fourth-order valence-corrected chi connectivity index (χ4v) is 1.28. The molecule has 6 heteroatoms. The lowest BCUT2D eigenvalue weighted by Crippen LogP contribution is -2.38. The van der Waals surface area contributed by atoms with Crippen LogP contribution in [0.5, 0.6) is 0 Å². The summed E-state index contributed by atoms with van der Waals surface area (Å²) in [5.41, 5.74) is 9.00. The van der Waals surface area contributed by atoms with Crippen LogP contribution in [0, 0.1) is 0 Å². The molecule has 84 valence electrons. The number of benzene rings is 1. The predicted molar refractivity (Wildman–Crippen MR) is 58.7 cm³/mol. The lowest BCUT2D eigenvalue weighted by molar-refractivity contribution is -0.139. The Morgan fingerprint density at radius 3 is 2.75 bits per heavy atom. The van der Waals surface area contributed by atoms with E-state index < -0.39 is 12.0 Å². The quantitative estimate of drug-likeness (QED) is 0.432. The summed E-state index contributed by atoms with van der Waals surface area (Å²) in [6, 6.07) is 8.53. The minimum absolute atomic E-state index is 0.0275. The molecule has 0 saturated carbocycles. The molecule has 0 aliphatic heterocycles. The van der Waals surface area contributed by atoms with E-state index in [1.165, 1.54) is 0 Å². The third kappa shape index (κ3) is 4.00. The zero-order valence-corrected chi connectivity index (χ0v) is 8.58. The highest BCUT2D eigenvalue weighted by Gasteiger charge is 2.16. The summed E-state index contributed by atoms with van der Waals surface area (Å²) < 4.78 is 0. The monoisotopic (exact) mass is 220 g/mol. The number of hydrogen-bond acceptors (Lipinski definition) is 3. The van der Waals surface area contributed by atoms with E-state index in [9.17, 15) is 4.79 Å². The molecule has 1 rings (SSSR count). The molecule has 1 atom stereocenters. The van der Waals surface area contributed by atoms with Crippen molar-refractivity contribution in [3.63, 3.8) is 0 Å². The minimum Gasteiger partial charge on any atom is -0.480 e. The van der Waals surface area contributed by atoms with Crippen molar-refractivity contribution in [3.8, 4) is 0 Å². The molecule has 0 bridgehead atoms. The van der Waals surface area contributed by atoms with Crippen molar-refractivity contribution in [2.24, 2.45) is 5.11 Å². The van der Waals surface area contributed by atoms with E-state index in [4.69, 9.17) is 10.6 Å².